The van der Waals surface area contributed by atoms with Crippen LogP contribution in [0.5, 0.6) is 0 Å². The molecule has 5 nitrogen and oxygen atoms in total. The molecule has 0 saturated carbocycles. The molecule has 0 bridgehead atoms. The summed E-state index contributed by atoms with van der Waals surface area (Å²) >= 11 is 1.56. The monoisotopic (exact) mass is 279 g/mol. The van der Waals surface area contributed by atoms with Gasteiger partial charge in [0.05, 0.1) is 10.2 Å². The van der Waals surface area contributed by atoms with E-state index >= 15 is 0 Å². The van der Waals surface area contributed by atoms with Gasteiger partial charge in [0.2, 0.25) is 0 Å². The number of thiophene rings is 1. The largest absolute Gasteiger partial charge is 0.480 e. The van der Waals surface area contributed by atoms with E-state index in [9.17, 15) is 4.79 Å². The van der Waals surface area contributed by atoms with Gasteiger partial charge in [0.1, 0.15) is 12.9 Å². The van der Waals surface area contributed by atoms with Crippen LogP contribution >= 0.6 is 11.3 Å². The lowest BCUT2D eigenvalue weighted by molar-refractivity contribution is -0.135. The molecule has 6 heteroatoms. The van der Waals surface area contributed by atoms with Gasteiger partial charge in [0.15, 0.2) is 5.82 Å². The van der Waals surface area contributed by atoms with Crippen molar-refractivity contribution in [2.75, 3.05) is 11.4 Å². The highest BCUT2D eigenvalue weighted by Crippen LogP contribution is 2.31. The second-order valence-corrected chi connectivity index (χ2v) is 5.45. The van der Waals surface area contributed by atoms with Crippen LogP contribution in [-0.4, -0.2) is 33.6 Å². The lowest BCUT2D eigenvalue weighted by Gasteiger charge is -2.28. The first-order valence-corrected chi connectivity index (χ1v) is 7.09. The molecule has 2 heterocycles. The summed E-state index contributed by atoms with van der Waals surface area (Å²) in [6.45, 7) is 6.01. The van der Waals surface area contributed by atoms with Crippen LogP contribution in [0.15, 0.2) is 11.7 Å². The molecule has 2 rings (SSSR count). The van der Waals surface area contributed by atoms with Gasteiger partial charge in [-0.3, -0.25) is 4.79 Å². The lowest BCUT2D eigenvalue weighted by Crippen LogP contribution is -2.37. The third-order valence-electron chi connectivity index (χ3n) is 3.21. The molecule has 1 N–H and O–H groups in total. The molecule has 0 aliphatic rings. The SMILES string of the molecule is CCC(C)N(CC(=O)O)c1ncnc2c(C)csc12. The maximum Gasteiger partial charge on any atom is 0.323 e. The number of hydrogen-bond donors (Lipinski definition) is 1. The number of anilines is 1. The molecule has 0 saturated heterocycles. The van der Waals surface area contributed by atoms with Crippen molar-refractivity contribution in [1.29, 1.82) is 0 Å². The number of hydrogen-bond acceptors (Lipinski definition) is 5. The highest BCUT2D eigenvalue weighted by molar-refractivity contribution is 7.18. The van der Waals surface area contributed by atoms with Crippen molar-refractivity contribution in [2.24, 2.45) is 0 Å². The molecule has 102 valence electrons. The van der Waals surface area contributed by atoms with Crippen molar-refractivity contribution < 1.29 is 9.90 Å². The van der Waals surface area contributed by atoms with E-state index in [1.807, 2.05) is 31.1 Å². The highest BCUT2D eigenvalue weighted by Gasteiger charge is 2.21. The fraction of sp³-hybridized carbons (Fsp3) is 0.462. The summed E-state index contributed by atoms with van der Waals surface area (Å²) < 4.78 is 0.960. The molecule has 1 atom stereocenters. The first-order valence-electron chi connectivity index (χ1n) is 6.21. The van der Waals surface area contributed by atoms with Crippen molar-refractivity contribution in [3.05, 3.63) is 17.3 Å². The van der Waals surface area contributed by atoms with Crippen LogP contribution in [0, 0.1) is 6.92 Å². The minimum Gasteiger partial charge on any atom is -0.480 e. The number of aryl methyl sites for hydroxylation is 1. The molecule has 2 aromatic rings. The molecule has 0 amide bonds. The third kappa shape index (κ3) is 2.68. The predicted molar refractivity (Wildman–Crippen MR) is 76.9 cm³/mol. The maximum atomic E-state index is 11.1. The second-order valence-electron chi connectivity index (χ2n) is 4.57. The Hall–Kier alpha value is -1.69. The van der Waals surface area contributed by atoms with E-state index in [0.29, 0.717) is 0 Å². The van der Waals surface area contributed by atoms with Crippen LogP contribution in [0.3, 0.4) is 0 Å². The van der Waals surface area contributed by atoms with Crippen molar-refractivity contribution in [1.82, 2.24) is 9.97 Å². The summed E-state index contributed by atoms with van der Waals surface area (Å²) in [5, 5.41) is 11.1. The van der Waals surface area contributed by atoms with E-state index in [4.69, 9.17) is 5.11 Å². The molecule has 2 aromatic heterocycles. The standard InChI is InChI=1S/C13H17N3O2S/c1-4-9(3)16(5-10(17)18)13-12-11(14-7-15-13)8(2)6-19-12/h6-7,9H,4-5H2,1-3H3,(H,17,18). The minimum atomic E-state index is -0.847. The normalized spacial score (nSPS) is 12.6. The number of carboxylic acid groups (broad SMARTS) is 1. The van der Waals surface area contributed by atoms with Gasteiger partial charge in [-0.1, -0.05) is 6.92 Å². The molecule has 0 aromatic carbocycles. The first-order chi connectivity index (χ1) is 9.04. The first kappa shape index (κ1) is 13.7. The number of nitrogens with zero attached hydrogens (tertiary/aromatic N) is 3. The van der Waals surface area contributed by atoms with Crippen LogP contribution in [-0.2, 0) is 4.79 Å². The van der Waals surface area contributed by atoms with Gasteiger partial charge in [-0.15, -0.1) is 11.3 Å². The van der Waals surface area contributed by atoms with Crippen molar-refractivity contribution in [3.63, 3.8) is 0 Å². The minimum absolute atomic E-state index is 0.0436. The van der Waals surface area contributed by atoms with Crippen molar-refractivity contribution in [3.8, 4) is 0 Å². The van der Waals surface area contributed by atoms with E-state index in [-0.39, 0.29) is 12.6 Å². The summed E-state index contributed by atoms with van der Waals surface area (Å²) in [6, 6.07) is 0.122. The number of aromatic nitrogens is 2. The number of carboxylic acids is 1. The topological polar surface area (TPSA) is 66.3 Å². The fourth-order valence-electron chi connectivity index (χ4n) is 1.97. The van der Waals surface area contributed by atoms with E-state index in [0.717, 1.165) is 28.0 Å². The van der Waals surface area contributed by atoms with E-state index < -0.39 is 5.97 Å². The molecule has 0 fully saturated rings. The molecule has 0 spiro atoms. The fourth-order valence-corrected chi connectivity index (χ4v) is 2.97. The number of fused-ring (bicyclic) bond motifs is 1. The van der Waals surface area contributed by atoms with Gasteiger partial charge in [0.25, 0.3) is 0 Å². The van der Waals surface area contributed by atoms with Gasteiger partial charge in [-0.25, -0.2) is 9.97 Å². The Morgan fingerprint density at radius 3 is 2.89 bits per heavy atom. The Bertz CT molecular complexity index is 597. The summed E-state index contributed by atoms with van der Waals surface area (Å²) in [5.41, 5.74) is 2.01. The van der Waals surface area contributed by atoms with Crippen LogP contribution in [0.1, 0.15) is 25.8 Å². The second kappa shape index (κ2) is 5.52. The Morgan fingerprint density at radius 1 is 1.53 bits per heavy atom. The number of rotatable bonds is 5. The van der Waals surface area contributed by atoms with Crippen LogP contribution in [0.4, 0.5) is 5.82 Å². The van der Waals surface area contributed by atoms with Crippen LogP contribution in [0.25, 0.3) is 10.2 Å². The van der Waals surface area contributed by atoms with Gasteiger partial charge in [-0.2, -0.15) is 0 Å². The van der Waals surface area contributed by atoms with E-state index in [1.165, 1.54) is 6.33 Å². The zero-order valence-corrected chi connectivity index (χ0v) is 12.1. The maximum absolute atomic E-state index is 11.1. The molecular formula is C13H17N3O2S. The average molecular weight is 279 g/mol. The lowest BCUT2D eigenvalue weighted by atomic mass is 10.2. The Labute approximate surface area is 115 Å². The molecule has 0 aliphatic heterocycles. The van der Waals surface area contributed by atoms with Gasteiger partial charge >= 0.3 is 5.97 Å². The quantitative estimate of drug-likeness (QED) is 0.911. The highest BCUT2D eigenvalue weighted by atomic mass is 32.1. The van der Waals surface area contributed by atoms with E-state index in [1.54, 1.807) is 11.3 Å². The number of aliphatic carboxylic acids is 1. The Morgan fingerprint density at radius 2 is 2.26 bits per heavy atom. The zero-order chi connectivity index (χ0) is 14.0. The Balaban J connectivity index is 2.52. The molecular weight excluding hydrogens is 262 g/mol. The Kier molecular flexibility index (Phi) is 3.99. The number of carbonyl (C=O) groups is 1. The van der Waals surface area contributed by atoms with E-state index in [2.05, 4.69) is 9.97 Å². The van der Waals surface area contributed by atoms with Gasteiger partial charge in [0, 0.05) is 6.04 Å². The van der Waals surface area contributed by atoms with Gasteiger partial charge in [-0.05, 0) is 31.2 Å². The molecule has 1 unspecified atom stereocenters. The zero-order valence-electron chi connectivity index (χ0n) is 11.3. The van der Waals surface area contributed by atoms with Crippen LogP contribution < -0.4 is 4.90 Å². The molecule has 0 aliphatic carbocycles. The molecule has 19 heavy (non-hydrogen) atoms. The average Bonchev–Trinajstić information content (AvgIpc) is 2.77. The third-order valence-corrected chi connectivity index (χ3v) is 4.30. The summed E-state index contributed by atoms with van der Waals surface area (Å²) in [6.07, 6.45) is 2.37. The summed E-state index contributed by atoms with van der Waals surface area (Å²) in [4.78, 5) is 21.5. The van der Waals surface area contributed by atoms with Crippen molar-refractivity contribution >= 4 is 33.3 Å². The summed E-state index contributed by atoms with van der Waals surface area (Å²) in [7, 11) is 0. The van der Waals surface area contributed by atoms with Crippen LogP contribution in [0.2, 0.25) is 0 Å². The smallest absolute Gasteiger partial charge is 0.323 e. The molecule has 0 radical (unpaired) electrons. The van der Waals surface area contributed by atoms with Crippen molar-refractivity contribution in [2.45, 2.75) is 33.2 Å². The summed E-state index contributed by atoms with van der Waals surface area (Å²) in [5.74, 6) is -0.125. The van der Waals surface area contributed by atoms with Gasteiger partial charge < -0.3 is 10.0 Å². The predicted octanol–water partition coefficient (Wildman–Crippen LogP) is 2.69.